The smallest absolute Gasteiger partial charge is 0.306 e. The Bertz CT molecular complexity index is 1030. The van der Waals surface area contributed by atoms with Crippen LogP contribution in [-0.4, -0.2) is 46.9 Å². The van der Waals surface area contributed by atoms with Crippen LogP contribution in [0.4, 0.5) is 0 Å². The van der Waals surface area contributed by atoms with Gasteiger partial charge in [0.05, 0.1) is 25.2 Å². The predicted octanol–water partition coefficient (Wildman–Crippen LogP) is 17.9. The van der Waals surface area contributed by atoms with Crippen molar-refractivity contribution in [1.29, 1.82) is 0 Å². The maximum Gasteiger partial charge on any atom is 0.306 e. The molecule has 384 valence electrons. The van der Waals surface area contributed by atoms with Crippen molar-refractivity contribution in [2.45, 2.75) is 334 Å². The Balaban J connectivity index is 4.52. The van der Waals surface area contributed by atoms with Crippen LogP contribution in [0, 0.1) is 0 Å². The minimum atomic E-state index is -0.786. The van der Waals surface area contributed by atoms with E-state index in [2.05, 4.69) is 50.4 Å². The number of carbonyl (C=O) groups is 2. The van der Waals surface area contributed by atoms with Gasteiger partial charge in [0.25, 0.3) is 0 Å². The number of aliphatic hydroxyl groups excluding tert-OH is 2. The molecule has 0 heterocycles. The van der Waals surface area contributed by atoms with Gasteiger partial charge in [-0.25, -0.2) is 0 Å². The fraction of sp³-hybridized carbons (Fsp3) is 0.898. The first-order valence-electron chi connectivity index (χ1n) is 29.1. The van der Waals surface area contributed by atoms with E-state index in [0.717, 1.165) is 64.2 Å². The van der Waals surface area contributed by atoms with Gasteiger partial charge < -0.3 is 20.3 Å². The Hall–Kier alpha value is -1.66. The van der Waals surface area contributed by atoms with Crippen LogP contribution in [0.1, 0.15) is 316 Å². The van der Waals surface area contributed by atoms with E-state index < -0.39 is 18.2 Å². The number of ether oxygens (including phenoxy) is 1. The number of hydrogen-bond acceptors (Lipinski definition) is 5. The summed E-state index contributed by atoms with van der Waals surface area (Å²) in [5, 5.41) is 23.8. The molecule has 3 unspecified atom stereocenters. The molecule has 0 radical (unpaired) electrons. The van der Waals surface area contributed by atoms with Gasteiger partial charge in [0.15, 0.2) is 0 Å². The van der Waals surface area contributed by atoms with E-state index in [9.17, 15) is 19.8 Å². The molecule has 0 aliphatic heterocycles. The minimum absolute atomic E-state index is 0.0781. The molecule has 0 saturated heterocycles. The van der Waals surface area contributed by atoms with E-state index in [1.165, 1.54) is 205 Å². The fourth-order valence-corrected chi connectivity index (χ4v) is 9.11. The number of hydrogen-bond donors (Lipinski definition) is 3. The molecule has 0 aromatic rings. The standard InChI is InChI=1S/C59H113NO5/c1-4-7-10-13-16-19-22-24-26-28-30-32-34-37-40-43-46-49-52-59(64)65-55(50-47-44-41-38-36-33-31-29-27-25-23-20-17-14-11-8-5-2)53-58(63)60-56(54-61)57(62)51-48-45-42-39-35-21-18-15-12-9-6-3/h17,20,25,27,55-57,61-62H,4-16,18-19,21-24,26,28-54H2,1-3H3,(H,60,63)/b20-17-,27-25-. The van der Waals surface area contributed by atoms with Crippen LogP contribution in [0.25, 0.3) is 0 Å². The lowest BCUT2D eigenvalue weighted by Gasteiger charge is -2.24. The van der Waals surface area contributed by atoms with Crippen molar-refractivity contribution in [1.82, 2.24) is 5.32 Å². The number of esters is 1. The largest absolute Gasteiger partial charge is 0.462 e. The van der Waals surface area contributed by atoms with E-state index >= 15 is 0 Å². The summed E-state index contributed by atoms with van der Waals surface area (Å²) in [6, 6.07) is -0.700. The Morgan fingerprint density at radius 3 is 1.20 bits per heavy atom. The normalized spacial score (nSPS) is 13.2. The Morgan fingerprint density at radius 1 is 0.446 bits per heavy atom. The third-order valence-electron chi connectivity index (χ3n) is 13.5. The predicted molar refractivity (Wildman–Crippen MR) is 283 cm³/mol. The lowest BCUT2D eigenvalue weighted by atomic mass is 10.0. The molecule has 0 aliphatic carbocycles. The average Bonchev–Trinajstić information content (AvgIpc) is 3.30. The second kappa shape index (κ2) is 53.3. The van der Waals surface area contributed by atoms with E-state index in [1.807, 2.05) is 0 Å². The SMILES string of the molecule is CCCCC/C=C\C/C=C\CCCCCCCCCC(CC(=O)NC(CO)C(O)CCCCCCCCCCCCC)OC(=O)CCCCCCCCCCCCCCCCCCCC. The van der Waals surface area contributed by atoms with Gasteiger partial charge in [0.1, 0.15) is 6.10 Å². The molecule has 0 aliphatic rings. The van der Waals surface area contributed by atoms with Crippen molar-refractivity contribution in [3.8, 4) is 0 Å². The number of amides is 1. The van der Waals surface area contributed by atoms with Gasteiger partial charge in [-0.1, -0.05) is 270 Å². The molecular formula is C59H113NO5. The van der Waals surface area contributed by atoms with Crippen LogP contribution < -0.4 is 5.32 Å². The molecule has 3 N–H and O–H groups in total. The van der Waals surface area contributed by atoms with Crippen LogP contribution in [0.15, 0.2) is 24.3 Å². The zero-order valence-electron chi connectivity index (χ0n) is 43.9. The molecule has 3 atom stereocenters. The summed E-state index contributed by atoms with van der Waals surface area (Å²) >= 11 is 0. The molecule has 6 nitrogen and oxygen atoms in total. The summed E-state index contributed by atoms with van der Waals surface area (Å²) in [4.78, 5) is 26.3. The van der Waals surface area contributed by atoms with E-state index in [-0.39, 0.29) is 24.9 Å². The molecular weight excluding hydrogens is 803 g/mol. The summed E-state index contributed by atoms with van der Waals surface area (Å²) in [6.07, 6.45) is 62.4. The van der Waals surface area contributed by atoms with Crippen LogP contribution >= 0.6 is 0 Å². The summed E-state index contributed by atoms with van der Waals surface area (Å²) in [6.45, 7) is 6.49. The number of carbonyl (C=O) groups excluding carboxylic acids is 2. The highest BCUT2D eigenvalue weighted by Gasteiger charge is 2.24. The van der Waals surface area contributed by atoms with Gasteiger partial charge in [0.2, 0.25) is 5.91 Å². The molecule has 65 heavy (non-hydrogen) atoms. The van der Waals surface area contributed by atoms with Crippen molar-refractivity contribution >= 4 is 11.9 Å². The average molecular weight is 917 g/mol. The zero-order chi connectivity index (χ0) is 47.4. The minimum Gasteiger partial charge on any atom is -0.462 e. The molecule has 0 bridgehead atoms. The number of nitrogens with one attached hydrogen (secondary N) is 1. The second-order valence-electron chi connectivity index (χ2n) is 20.1. The van der Waals surface area contributed by atoms with E-state index in [4.69, 9.17) is 4.74 Å². The lowest BCUT2D eigenvalue weighted by Crippen LogP contribution is -2.46. The van der Waals surface area contributed by atoms with Crippen molar-refractivity contribution in [2.24, 2.45) is 0 Å². The van der Waals surface area contributed by atoms with E-state index in [1.54, 1.807) is 0 Å². The molecule has 0 spiro atoms. The Kier molecular flexibility index (Phi) is 51.9. The van der Waals surface area contributed by atoms with Gasteiger partial charge in [-0.2, -0.15) is 0 Å². The van der Waals surface area contributed by atoms with Gasteiger partial charge in [0, 0.05) is 6.42 Å². The number of rotatable bonds is 53. The molecule has 0 saturated carbocycles. The maximum absolute atomic E-state index is 13.3. The highest BCUT2D eigenvalue weighted by atomic mass is 16.5. The highest BCUT2D eigenvalue weighted by molar-refractivity contribution is 5.77. The van der Waals surface area contributed by atoms with Gasteiger partial charge in [-0.05, 0) is 57.8 Å². The third-order valence-corrected chi connectivity index (χ3v) is 13.5. The first-order chi connectivity index (χ1) is 32.0. The van der Waals surface area contributed by atoms with Crippen LogP contribution in [-0.2, 0) is 14.3 Å². The Morgan fingerprint density at radius 2 is 0.785 bits per heavy atom. The molecule has 0 aromatic heterocycles. The zero-order valence-corrected chi connectivity index (χ0v) is 43.9. The number of allylic oxidation sites excluding steroid dienone is 4. The lowest BCUT2D eigenvalue weighted by molar-refractivity contribution is -0.151. The first kappa shape index (κ1) is 63.3. The first-order valence-corrected chi connectivity index (χ1v) is 29.1. The summed E-state index contributed by atoms with van der Waals surface area (Å²) in [5.74, 6) is -0.461. The van der Waals surface area contributed by atoms with Crippen molar-refractivity contribution < 1.29 is 24.5 Å². The topological polar surface area (TPSA) is 95.9 Å². The number of unbranched alkanes of at least 4 members (excludes halogenated alkanes) is 37. The molecule has 6 heteroatoms. The monoisotopic (exact) mass is 916 g/mol. The summed E-state index contributed by atoms with van der Waals surface area (Å²) in [7, 11) is 0. The van der Waals surface area contributed by atoms with Crippen LogP contribution in [0.5, 0.6) is 0 Å². The van der Waals surface area contributed by atoms with Crippen LogP contribution in [0.3, 0.4) is 0 Å². The van der Waals surface area contributed by atoms with Crippen molar-refractivity contribution in [2.75, 3.05) is 6.61 Å². The summed E-state index contributed by atoms with van der Waals surface area (Å²) < 4.78 is 5.97. The molecule has 1 amide bonds. The van der Waals surface area contributed by atoms with Gasteiger partial charge >= 0.3 is 5.97 Å². The Labute approximate surface area is 405 Å². The third kappa shape index (κ3) is 48.6. The quantitative estimate of drug-likeness (QED) is 0.0321. The van der Waals surface area contributed by atoms with E-state index in [0.29, 0.717) is 19.3 Å². The van der Waals surface area contributed by atoms with Gasteiger partial charge in [-0.15, -0.1) is 0 Å². The fourth-order valence-electron chi connectivity index (χ4n) is 9.11. The summed E-state index contributed by atoms with van der Waals surface area (Å²) in [5.41, 5.74) is 0. The van der Waals surface area contributed by atoms with Crippen LogP contribution in [0.2, 0.25) is 0 Å². The van der Waals surface area contributed by atoms with Crippen molar-refractivity contribution in [3.63, 3.8) is 0 Å². The second-order valence-corrected chi connectivity index (χ2v) is 20.1. The maximum atomic E-state index is 13.3. The molecule has 0 aromatic carbocycles. The highest BCUT2D eigenvalue weighted by Crippen LogP contribution is 2.19. The molecule has 0 fully saturated rings. The molecule has 0 rings (SSSR count). The van der Waals surface area contributed by atoms with Crippen molar-refractivity contribution in [3.05, 3.63) is 24.3 Å². The van der Waals surface area contributed by atoms with Gasteiger partial charge in [-0.3, -0.25) is 9.59 Å². The number of aliphatic hydroxyl groups is 2.